The standard InChI is InChI=1S/C18H12ClN5O2S.C18H14N6O2S.C2H6/c2*19-15-14-16(22-10-21-15)26-7-6-23(17(14)25)12-1-2-13-11(9-12)3-5-24(13)18-20-4-8-27-18;1-2/h1-5,8-10H,6-7H2;1-5,8-10H,6-7H2,(H2,19,21,22);1-2H3. The van der Waals surface area contributed by atoms with Crippen LogP contribution in [0.3, 0.4) is 0 Å². The zero-order valence-electron chi connectivity index (χ0n) is 29.9. The van der Waals surface area contributed by atoms with Gasteiger partial charge in [-0.1, -0.05) is 25.4 Å². The van der Waals surface area contributed by atoms with Crippen molar-refractivity contribution >= 4 is 85.1 Å². The van der Waals surface area contributed by atoms with Gasteiger partial charge in [0.25, 0.3) is 11.8 Å². The number of carbonyl (C=O) groups excluding carboxylic acids is 2. The van der Waals surface area contributed by atoms with E-state index >= 15 is 0 Å². The Morgan fingerprint density at radius 1 is 0.661 bits per heavy atom. The van der Waals surface area contributed by atoms with Gasteiger partial charge >= 0.3 is 0 Å². The van der Waals surface area contributed by atoms with E-state index in [0.29, 0.717) is 26.3 Å². The van der Waals surface area contributed by atoms with Crippen molar-refractivity contribution in [1.82, 2.24) is 39.0 Å². The first-order valence-electron chi connectivity index (χ1n) is 17.5. The van der Waals surface area contributed by atoms with Crippen molar-refractivity contribution in [2.24, 2.45) is 0 Å². The number of thiazole rings is 2. The fourth-order valence-electron chi connectivity index (χ4n) is 6.36. The van der Waals surface area contributed by atoms with E-state index in [1.807, 2.05) is 94.7 Å². The molecule has 8 aromatic rings. The first-order chi connectivity index (χ1) is 27.4. The lowest BCUT2D eigenvalue weighted by Gasteiger charge is -2.20. The largest absolute Gasteiger partial charge is 0.475 e. The van der Waals surface area contributed by atoms with Crippen molar-refractivity contribution in [2.75, 3.05) is 41.8 Å². The minimum Gasteiger partial charge on any atom is -0.475 e. The highest BCUT2D eigenvalue weighted by Crippen LogP contribution is 2.33. The zero-order valence-corrected chi connectivity index (χ0v) is 32.3. The summed E-state index contributed by atoms with van der Waals surface area (Å²) in [5.41, 5.74) is 9.88. The lowest BCUT2D eigenvalue weighted by atomic mass is 10.2. The van der Waals surface area contributed by atoms with Crippen molar-refractivity contribution in [3.8, 4) is 22.0 Å². The average Bonchev–Trinajstić information content (AvgIpc) is 4.04. The molecule has 56 heavy (non-hydrogen) atoms. The fourth-order valence-corrected chi connectivity index (χ4v) is 7.84. The highest BCUT2D eigenvalue weighted by molar-refractivity contribution is 7.12. The van der Waals surface area contributed by atoms with Crippen molar-refractivity contribution in [3.05, 3.63) is 113 Å². The highest BCUT2D eigenvalue weighted by atomic mass is 35.5. The molecule has 15 nitrogen and oxygen atoms in total. The lowest BCUT2D eigenvalue weighted by Crippen LogP contribution is -2.32. The third-order valence-electron chi connectivity index (χ3n) is 8.86. The summed E-state index contributed by atoms with van der Waals surface area (Å²) in [6, 6.07) is 15.7. The Kier molecular flexibility index (Phi) is 10.3. The Bertz CT molecular complexity index is 2500. The number of nitrogen functional groups attached to an aromatic ring is 1. The number of amides is 2. The van der Waals surface area contributed by atoms with Gasteiger partial charge in [-0.3, -0.25) is 18.7 Å². The number of rotatable bonds is 4. The quantitative estimate of drug-likeness (QED) is 0.180. The summed E-state index contributed by atoms with van der Waals surface area (Å²) >= 11 is 9.26. The van der Waals surface area contributed by atoms with Crippen molar-refractivity contribution in [1.29, 1.82) is 0 Å². The molecule has 0 atom stereocenters. The lowest BCUT2D eigenvalue weighted by molar-refractivity contribution is 0.0982. The van der Waals surface area contributed by atoms with Gasteiger partial charge in [0.05, 0.1) is 24.1 Å². The second-order valence-electron chi connectivity index (χ2n) is 11.9. The molecule has 0 aliphatic carbocycles. The molecule has 0 saturated carbocycles. The van der Waals surface area contributed by atoms with Crippen LogP contribution in [0.5, 0.6) is 11.8 Å². The molecule has 0 saturated heterocycles. The molecule has 0 unspecified atom stereocenters. The molecule has 0 spiro atoms. The van der Waals surface area contributed by atoms with E-state index in [1.165, 1.54) is 12.7 Å². The van der Waals surface area contributed by atoms with Crippen LogP contribution in [0.2, 0.25) is 5.15 Å². The van der Waals surface area contributed by atoms with E-state index in [1.54, 1.807) is 44.9 Å². The van der Waals surface area contributed by atoms with Crippen molar-refractivity contribution in [3.63, 3.8) is 0 Å². The Hall–Kier alpha value is -6.43. The minimum absolute atomic E-state index is 0.0906. The van der Waals surface area contributed by atoms with Crippen LogP contribution in [0.25, 0.3) is 32.1 Å². The fraction of sp³-hybridized carbons (Fsp3) is 0.158. The number of nitrogens with zero attached hydrogens (tertiary/aromatic N) is 10. The van der Waals surface area contributed by atoms with E-state index in [4.69, 9.17) is 26.8 Å². The first kappa shape index (κ1) is 36.5. The zero-order chi connectivity index (χ0) is 38.8. The molecule has 10 rings (SSSR count). The molecule has 0 fully saturated rings. The number of aromatic nitrogens is 8. The van der Waals surface area contributed by atoms with Crippen LogP contribution < -0.4 is 25.0 Å². The van der Waals surface area contributed by atoms with E-state index in [9.17, 15) is 9.59 Å². The maximum atomic E-state index is 13.1. The molecule has 282 valence electrons. The number of carbonyl (C=O) groups is 2. The van der Waals surface area contributed by atoms with Crippen molar-refractivity contribution in [2.45, 2.75) is 13.8 Å². The van der Waals surface area contributed by atoms with Crippen LogP contribution in [-0.2, 0) is 0 Å². The van der Waals surface area contributed by atoms with Crippen LogP contribution in [0, 0.1) is 0 Å². The summed E-state index contributed by atoms with van der Waals surface area (Å²) in [7, 11) is 0. The second kappa shape index (κ2) is 15.7. The smallest absolute Gasteiger partial charge is 0.267 e. The summed E-state index contributed by atoms with van der Waals surface area (Å²) in [6.45, 7) is 5.44. The molecule has 2 amide bonds. The molecular weight excluding hydrogens is 774 g/mol. The molecule has 6 aromatic heterocycles. The Labute approximate surface area is 332 Å². The van der Waals surface area contributed by atoms with Gasteiger partial charge in [0.15, 0.2) is 10.3 Å². The predicted octanol–water partition coefficient (Wildman–Crippen LogP) is 7.09. The Morgan fingerprint density at radius 3 is 1.68 bits per heavy atom. The molecule has 2 N–H and O–H groups in total. The van der Waals surface area contributed by atoms with Crippen LogP contribution in [-0.4, -0.2) is 77.2 Å². The van der Waals surface area contributed by atoms with Crippen LogP contribution in [0.1, 0.15) is 34.6 Å². The topological polar surface area (TPSA) is 172 Å². The molecule has 18 heteroatoms. The van der Waals surface area contributed by atoms with Gasteiger partial charge in [0.1, 0.15) is 48.0 Å². The molecule has 2 aliphatic heterocycles. The molecular formula is C38H32ClN11O4S2. The molecule has 2 aromatic carbocycles. The number of hydrogen-bond donors (Lipinski definition) is 1. The van der Waals surface area contributed by atoms with Gasteiger partial charge in [-0.2, -0.15) is 0 Å². The molecule has 0 bridgehead atoms. The van der Waals surface area contributed by atoms with Gasteiger partial charge < -0.3 is 25.0 Å². The number of nitrogens with two attached hydrogens (primary N) is 1. The molecule has 2 aliphatic rings. The second-order valence-corrected chi connectivity index (χ2v) is 14.0. The van der Waals surface area contributed by atoms with E-state index in [2.05, 4.69) is 29.9 Å². The summed E-state index contributed by atoms with van der Waals surface area (Å²) in [4.78, 5) is 54.0. The average molecular weight is 806 g/mol. The summed E-state index contributed by atoms with van der Waals surface area (Å²) in [6.07, 6.45) is 10.1. The van der Waals surface area contributed by atoms with E-state index < -0.39 is 0 Å². The number of fused-ring (bicyclic) bond motifs is 4. The Balaban J connectivity index is 0.000000151. The van der Waals surface area contributed by atoms with Gasteiger partial charge in [0.2, 0.25) is 11.8 Å². The van der Waals surface area contributed by atoms with Crippen LogP contribution >= 0.6 is 34.3 Å². The number of halogens is 1. The monoisotopic (exact) mass is 805 g/mol. The summed E-state index contributed by atoms with van der Waals surface area (Å²) < 4.78 is 15.2. The third kappa shape index (κ3) is 6.76. The van der Waals surface area contributed by atoms with Crippen LogP contribution in [0.4, 0.5) is 17.2 Å². The third-order valence-corrected chi connectivity index (χ3v) is 10.7. The van der Waals surface area contributed by atoms with Crippen molar-refractivity contribution < 1.29 is 19.1 Å². The normalized spacial score (nSPS) is 13.7. The maximum absolute atomic E-state index is 13.1. The maximum Gasteiger partial charge on any atom is 0.267 e. The number of anilines is 3. The van der Waals surface area contributed by atoms with E-state index in [-0.39, 0.29) is 45.7 Å². The Morgan fingerprint density at radius 2 is 1.16 bits per heavy atom. The highest BCUT2D eigenvalue weighted by Gasteiger charge is 2.30. The first-order valence-corrected chi connectivity index (χ1v) is 19.6. The summed E-state index contributed by atoms with van der Waals surface area (Å²) in [5, 5.41) is 7.79. The predicted molar refractivity (Wildman–Crippen MR) is 217 cm³/mol. The summed E-state index contributed by atoms with van der Waals surface area (Å²) in [5.74, 6) is 0.0310. The number of ether oxygens (including phenoxy) is 2. The minimum atomic E-state index is -0.271. The van der Waals surface area contributed by atoms with Gasteiger partial charge in [-0.15, -0.1) is 22.7 Å². The molecule has 0 radical (unpaired) electrons. The number of hydrogen-bond acceptors (Lipinski definition) is 13. The van der Waals surface area contributed by atoms with E-state index in [0.717, 1.165) is 43.4 Å². The SMILES string of the molecule is CC.Nc1ncnc2c1C(=O)N(c1ccc3c(ccn3-c3nccs3)c1)CCO2.O=C1c2c(Cl)ncnc2OCCN1c1ccc2c(ccn2-c2nccs2)c1. The molecule has 8 heterocycles. The van der Waals surface area contributed by atoms with Gasteiger partial charge in [-0.05, 0) is 48.5 Å². The van der Waals surface area contributed by atoms with Gasteiger partial charge in [-0.25, -0.2) is 29.9 Å². The number of benzene rings is 2. The van der Waals surface area contributed by atoms with Crippen LogP contribution in [0.15, 0.2) is 96.7 Å². The van der Waals surface area contributed by atoms with Gasteiger partial charge in [0, 0.05) is 57.7 Å².